The largest absolute Gasteiger partial charge is 0.481 e. The van der Waals surface area contributed by atoms with Crippen LogP contribution in [0, 0.1) is 0 Å². The maximum atomic E-state index is 12.9. The topological polar surface area (TPSA) is 80.6 Å². The SMILES string of the molecule is CC[C@@H](Oc1ccc2ccccc2c1)C(=O)Nc1ccccc1C(=O)NCc1ccco1. The molecule has 0 aliphatic rings. The molecular formula is C26H24N2O4. The van der Waals surface area contributed by atoms with Gasteiger partial charge in [0.25, 0.3) is 11.8 Å². The van der Waals surface area contributed by atoms with E-state index in [0.29, 0.717) is 29.2 Å². The summed E-state index contributed by atoms with van der Waals surface area (Å²) >= 11 is 0. The Morgan fingerprint density at radius 1 is 0.938 bits per heavy atom. The monoisotopic (exact) mass is 428 g/mol. The Hall–Kier alpha value is -4.06. The smallest absolute Gasteiger partial charge is 0.265 e. The number of carbonyl (C=O) groups excluding carboxylic acids is 2. The number of ether oxygens (including phenoxy) is 1. The molecule has 0 saturated heterocycles. The molecule has 2 amide bonds. The number of furan rings is 1. The Labute approximate surface area is 186 Å². The average molecular weight is 428 g/mol. The molecule has 0 saturated carbocycles. The van der Waals surface area contributed by atoms with Crippen LogP contribution in [0.5, 0.6) is 5.75 Å². The van der Waals surface area contributed by atoms with E-state index in [9.17, 15) is 9.59 Å². The van der Waals surface area contributed by atoms with Gasteiger partial charge in [-0.2, -0.15) is 0 Å². The minimum Gasteiger partial charge on any atom is -0.481 e. The lowest BCUT2D eigenvalue weighted by Gasteiger charge is -2.19. The van der Waals surface area contributed by atoms with E-state index in [2.05, 4.69) is 10.6 Å². The van der Waals surface area contributed by atoms with Crippen LogP contribution < -0.4 is 15.4 Å². The van der Waals surface area contributed by atoms with Crippen molar-refractivity contribution in [2.24, 2.45) is 0 Å². The Bertz CT molecular complexity index is 1220. The number of amides is 2. The van der Waals surface area contributed by atoms with Crippen LogP contribution in [0.3, 0.4) is 0 Å². The Balaban J connectivity index is 1.45. The molecule has 6 heteroatoms. The van der Waals surface area contributed by atoms with Crippen LogP contribution in [0.15, 0.2) is 89.5 Å². The lowest BCUT2D eigenvalue weighted by molar-refractivity contribution is -0.122. The maximum absolute atomic E-state index is 12.9. The highest BCUT2D eigenvalue weighted by molar-refractivity contribution is 6.04. The Kier molecular flexibility index (Phi) is 6.51. The Morgan fingerprint density at radius 3 is 2.50 bits per heavy atom. The minimum absolute atomic E-state index is 0.261. The van der Waals surface area contributed by atoms with E-state index in [1.165, 1.54) is 0 Å². The first kappa shape index (κ1) is 21.2. The summed E-state index contributed by atoms with van der Waals surface area (Å²) in [6.45, 7) is 2.14. The fourth-order valence-corrected chi connectivity index (χ4v) is 3.41. The zero-order chi connectivity index (χ0) is 22.3. The van der Waals surface area contributed by atoms with Crippen molar-refractivity contribution in [3.05, 3.63) is 96.4 Å². The summed E-state index contributed by atoms with van der Waals surface area (Å²) in [4.78, 5) is 25.6. The number of fused-ring (bicyclic) bond motifs is 1. The standard InChI is InChI=1S/C26H24N2O4/c1-2-24(32-20-14-13-18-8-3-4-9-19(18)16-20)26(30)28-23-12-6-5-11-22(23)25(29)27-17-21-10-7-15-31-21/h3-16,24H,2,17H2,1H3,(H,27,29)(H,28,30)/t24-/m1/s1. The lowest BCUT2D eigenvalue weighted by Crippen LogP contribution is -2.33. The quantitative estimate of drug-likeness (QED) is 0.406. The molecule has 2 N–H and O–H groups in total. The molecule has 0 aliphatic heterocycles. The minimum atomic E-state index is -0.699. The molecule has 0 fully saturated rings. The number of rotatable bonds is 8. The van der Waals surface area contributed by atoms with Crippen molar-refractivity contribution in [3.63, 3.8) is 0 Å². The first-order chi connectivity index (χ1) is 15.6. The molecule has 3 aromatic carbocycles. The molecule has 0 radical (unpaired) electrons. The second-order valence-electron chi connectivity index (χ2n) is 7.32. The Morgan fingerprint density at radius 2 is 1.72 bits per heavy atom. The molecule has 32 heavy (non-hydrogen) atoms. The lowest BCUT2D eigenvalue weighted by atomic mass is 10.1. The number of carbonyl (C=O) groups is 2. The summed E-state index contributed by atoms with van der Waals surface area (Å²) < 4.78 is 11.2. The van der Waals surface area contributed by atoms with Gasteiger partial charge in [0.2, 0.25) is 0 Å². The summed E-state index contributed by atoms with van der Waals surface area (Å²) in [6.07, 6.45) is 1.33. The fourth-order valence-electron chi connectivity index (χ4n) is 3.41. The predicted octanol–water partition coefficient (Wildman–Crippen LogP) is 5.16. The zero-order valence-electron chi connectivity index (χ0n) is 17.7. The van der Waals surface area contributed by atoms with Gasteiger partial charge in [0.1, 0.15) is 11.5 Å². The van der Waals surface area contributed by atoms with E-state index < -0.39 is 6.10 Å². The summed E-state index contributed by atoms with van der Waals surface area (Å²) in [6, 6.07) is 24.1. The van der Waals surface area contributed by atoms with E-state index in [-0.39, 0.29) is 18.4 Å². The second-order valence-corrected chi connectivity index (χ2v) is 7.32. The van der Waals surface area contributed by atoms with E-state index in [0.717, 1.165) is 10.8 Å². The van der Waals surface area contributed by atoms with Crippen LogP contribution in [-0.4, -0.2) is 17.9 Å². The van der Waals surface area contributed by atoms with E-state index >= 15 is 0 Å². The highest BCUT2D eigenvalue weighted by Gasteiger charge is 2.21. The van der Waals surface area contributed by atoms with Gasteiger partial charge in [-0.3, -0.25) is 9.59 Å². The van der Waals surface area contributed by atoms with Crippen molar-refractivity contribution < 1.29 is 18.7 Å². The summed E-state index contributed by atoms with van der Waals surface area (Å²) in [7, 11) is 0. The first-order valence-electron chi connectivity index (χ1n) is 10.5. The van der Waals surface area contributed by atoms with Gasteiger partial charge in [0, 0.05) is 0 Å². The molecule has 4 aromatic rings. The van der Waals surface area contributed by atoms with Crippen LogP contribution in [0.25, 0.3) is 10.8 Å². The fraction of sp³-hybridized carbons (Fsp3) is 0.154. The molecule has 4 rings (SSSR count). The third-order valence-electron chi connectivity index (χ3n) is 5.10. The van der Waals surface area contributed by atoms with Gasteiger partial charge in [-0.1, -0.05) is 49.4 Å². The summed E-state index contributed by atoms with van der Waals surface area (Å²) in [5, 5.41) is 7.79. The van der Waals surface area contributed by atoms with Crippen LogP contribution >= 0.6 is 0 Å². The van der Waals surface area contributed by atoms with Crippen LogP contribution in [0.2, 0.25) is 0 Å². The van der Waals surface area contributed by atoms with Gasteiger partial charge in [-0.15, -0.1) is 0 Å². The van der Waals surface area contributed by atoms with Gasteiger partial charge in [0.05, 0.1) is 24.1 Å². The molecule has 0 spiro atoms. The highest BCUT2D eigenvalue weighted by Crippen LogP contribution is 2.23. The molecule has 1 atom stereocenters. The molecule has 0 unspecified atom stereocenters. The van der Waals surface area contributed by atoms with Gasteiger partial charge in [-0.25, -0.2) is 0 Å². The number of benzene rings is 3. The first-order valence-corrected chi connectivity index (χ1v) is 10.5. The maximum Gasteiger partial charge on any atom is 0.265 e. The average Bonchev–Trinajstić information content (AvgIpc) is 3.35. The van der Waals surface area contributed by atoms with E-state index in [4.69, 9.17) is 9.15 Å². The van der Waals surface area contributed by atoms with Gasteiger partial charge in [-0.05, 0) is 53.6 Å². The second kappa shape index (κ2) is 9.83. The van der Waals surface area contributed by atoms with Crippen LogP contribution in [0.4, 0.5) is 5.69 Å². The van der Waals surface area contributed by atoms with Crippen molar-refractivity contribution in [2.75, 3.05) is 5.32 Å². The summed E-state index contributed by atoms with van der Waals surface area (Å²) in [5.41, 5.74) is 0.794. The normalized spacial score (nSPS) is 11.7. The number of hydrogen-bond acceptors (Lipinski definition) is 4. The van der Waals surface area contributed by atoms with E-state index in [1.807, 2.05) is 49.4 Å². The molecule has 1 heterocycles. The van der Waals surface area contributed by atoms with Crippen molar-refractivity contribution in [2.45, 2.75) is 26.0 Å². The van der Waals surface area contributed by atoms with Crippen LogP contribution in [0.1, 0.15) is 29.5 Å². The molecule has 162 valence electrons. The molecular weight excluding hydrogens is 404 g/mol. The number of anilines is 1. The van der Waals surface area contributed by atoms with Crippen molar-refractivity contribution in [3.8, 4) is 5.75 Å². The predicted molar refractivity (Wildman–Crippen MR) is 124 cm³/mol. The number of nitrogens with one attached hydrogen (secondary N) is 2. The van der Waals surface area contributed by atoms with Crippen molar-refractivity contribution >= 4 is 28.3 Å². The van der Waals surface area contributed by atoms with E-state index in [1.54, 1.807) is 42.7 Å². The highest BCUT2D eigenvalue weighted by atomic mass is 16.5. The van der Waals surface area contributed by atoms with Crippen molar-refractivity contribution in [1.29, 1.82) is 0 Å². The molecule has 0 aliphatic carbocycles. The summed E-state index contributed by atoms with van der Waals surface area (Å²) in [5.74, 6) is 0.651. The third kappa shape index (κ3) is 4.98. The van der Waals surface area contributed by atoms with Gasteiger partial charge in [0.15, 0.2) is 6.10 Å². The molecule has 1 aromatic heterocycles. The molecule has 0 bridgehead atoms. The zero-order valence-corrected chi connectivity index (χ0v) is 17.7. The third-order valence-corrected chi connectivity index (χ3v) is 5.10. The molecule has 6 nitrogen and oxygen atoms in total. The van der Waals surface area contributed by atoms with Crippen LogP contribution in [-0.2, 0) is 11.3 Å². The van der Waals surface area contributed by atoms with Crippen molar-refractivity contribution in [1.82, 2.24) is 5.32 Å². The van der Waals surface area contributed by atoms with Gasteiger partial charge >= 0.3 is 0 Å². The number of para-hydroxylation sites is 1. The van der Waals surface area contributed by atoms with Gasteiger partial charge < -0.3 is 19.8 Å². The number of hydrogen-bond donors (Lipinski definition) is 2.